The Labute approximate surface area is 103 Å². The number of halogens is 1. The highest BCUT2D eigenvalue weighted by molar-refractivity contribution is 8.03. The van der Waals surface area contributed by atoms with Crippen molar-refractivity contribution in [1.29, 1.82) is 5.26 Å². The zero-order valence-corrected chi connectivity index (χ0v) is 10.0. The van der Waals surface area contributed by atoms with Crippen molar-refractivity contribution in [3.8, 4) is 5.40 Å². The molecule has 0 aliphatic heterocycles. The van der Waals surface area contributed by atoms with Gasteiger partial charge in [-0.3, -0.25) is 0 Å². The van der Waals surface area contributed by atoms with Crippen LogP contribution in [0.4, 0.5) is 0 Å². The van der Waals surface area contributed by atoms with Crippen molar-refractivity contribution in [3.05, 3.63) is 35.9 Å². The first-order valence-corrected chi connectivity index (χ1v) is 6.12. The Morgan fingerprint density at radius 1 is 1.50 bits per heavy atom. The molecule has 0 bridgehead atoms. The molecule has 0 saturated carbocycles. The molecule has 0 heterocycles. The first-order valence-electron chi connectivity index (χ1n) is 4.60. The first-order chi connectivity index (χ1) is 7.77. The Balaban J connectivity index is 2.53. The molecule has 0 spiro atoms. The lowest BCUT2D eigenvalue weighted by Crippen LogP contribution is -2.22. The summed E-state index contributed by atoms with van der Waals surface area (Å²) in [6.07, 6.45) is -0.431. The van der Waals surface area contributed by atoms with Crippen molar-refractivity contribution in [3.63, 3.8) is 0 Å². The van der Waals surface area contributed by atoms with Gasteiger partial charge in [0.1, 0.15) is 11.5 Å². The summed E-state index contributed by atoms with van der Waals surface area (Å²) in [6, 6.07) is 8.68. The molecule has 0 saturated heterocycles. The zero-order valence-electron chi connectivity index (χ0n) is 8.43. The predicted molar refractivity (Wildman–Crippen MR) is 64.4 cm³/mol. The van der Waals surface area contributed by atoms with Gasteiger partial charge in [-0.2, -0.15) is 5.26 Å². The third-order valence-corrected chi connectivity index (χ3v) is 2.80. The molecule has 0 N–H and O–H groups in total. The standard InChI is InChI=1S/C11H10ClNO2S/c12-6-10(7-16-8-13)15-11(14)9-4-2-1-3-5-9/h1-5,10H,6-7H2/t10-/m0/s1. The van der Waals surface area contributed by atoms with Crippen molar-refractivity contribution in [2.75, 3.05) is 11.6 Å². The van der Waals surface area contributed by atoms with Crippen molar-refractivity contribution >= 4 is 29.3 Å². The van der Waals surface area contributed by atoms with E-state index in [2.05, 4.69) is 0 Å². The van der Waals surface area contributed by atoms with Gasteiger partial charge in [0.2, 0.25) is 0 Å². The number of carbonyl (C=O) groups is 1. The first kappa shape index (κ1) is 12.9. The summed E-state index contributed by atoms with van der Waals surface area (Å²) in [7, 11) is 0. The van der Waals surface area contributed by atoms with E-state index in [0.717, 1.165) is 11.8 Å². The summed E-state index contributed by atoms with van der Waals surface area (Å²) >= 11 is 6.66. The van der Waals surface area contributed by atoms with Gasteiger partial charge in [0.05, 0.1) is 11.4 Å². The SMILES string of the molecule is N#CSC[C@H](CCl)OC(=O)c1ccccc1. The van der Waals surface area contributed by atoms with E-state index in [1.54, 1.807) is 24.3 Å². The second-order valence-corrected chi connectivity index (χ2v) is 4.06. The summed E-state index contributed by atoms with van der Waals surface area (Å²) in [4.78, 5) is 11.6. The van der Waals surface area contributed by atoms with Crippen LogP contribution in [-0.4, -0.2) is 23.7 Å². The number of thioether (sulfide) groups is 1. The van der Waals surface area contributed by atoms with Crippen LogP contribution >= 0.6 is 23.4 Å². The summed E-state index contributed by atoms with van der Waals surface area (Å²) in [5.41, 5.74) is 0.486. The quantitative estimate of drug-likeness (QED) is 0.461. The van der Waals surface area contributed by atoms with Gasteiger partial charge in [0.15, 0.2) is 0 Å². The number of benzene rings is 1. The number of alkyl halides is 1. The van der Waals surface area contributed by atoms with Gasteiger partial charge in [-0.25, -0.2) is 4.79 Å². The average molecular weight is 256 g/mol. The minimum absolute atomic E-state index is 0.188. The molecule has 16 heavy (non-hydrogen) atoms. The van der Waals surface area contributed by atoms with Gasteiger partial charge in [-0.1, -0.05) is 18.2 Å². The Kier molecular flexibility index (Phi) is 5.76. The second kappa shape index (κ2) is 7.15. The fourth-order valence-electron chi connectivity index (χ4n) is 1.03. The minimum atomic E-state index is -0.431. The molecule has 84 valence electrons. The highest BCUT2D eigenvalue weighted by Gasteiger charge is 2.14. The molecule has 0 aromatic heterocycles. The fraction of sp³-hybridized carbons (Fsp3) is 0.273. The molecule has 3 nitrogen and oxygen atoms in total. The summed E-state index contributed by atoms with van der Waals surface area (Å²) < 4.78 is 5.14. The van der Waals surface area contributed by atoms with E-state index in [9.17, 15) is 4.79 Å². The van der Waals surface area contributed by atoms with Crippen molar-refractivity contribution in [2.45, 2.75) is 6.10 Å². The molecule has 0 fully saturated rings. The van der Waals surface area contributed by atoms with Gasteiger partial charge in [-0.15, -0.1) is 11.6 Å². The summed E-state index contributed by atoms with van der Waals surface area (Å²) in [5, 5.41) is 10.3. The molecular formula is C11H10ClNO2S. The maximum absolute atomic E-state index is 11.6. The number of carbonyl (C=O) groups excluding carboxylic acids is 1. The Hall–Kier alpha value is -1.18. The zero-order chi connectivity index (χ0) is 11.8. The molecule has 1 aromatic carbocycles. The minimum Gasteiger partial charge on any atom is -0.457 e. The molecule has 1 aromatic rings. The smallest absolute Gasteiger partial charge is 0.338 e. The predicted octanol–water partition coefficient (Wildman–Crippen LogP) is 2.67. The monoisotopic (exact) mass is 255 g/mol. The number of ether oxygens (including phenoxy) is 1. The maximum Gasteiger partial charge on any atom is 0.338 e. The van der Waals surface area contributed by atoms with Gasteiger partial charge in [0.25, 0.3) is 0 Å². The van der Waals surface area contributed by atoms with Crippen LogP contribution in [0.25, 0.3) is 0 Å². The van der Waals surface area contributed by atoms with E-state index in [4.69, 9.17) is 21.6 Å². The van der Waals surface area contributed by atoms with Crippen LogP contribution in [0, 0.1) is 10.7 Å². The second-order valence-electron chi connectivity index (χ2n) is 2.95. The third kappa shape index (κ3) is 4.13. The van der Waals surface area contributed by atoms with E-state index in [1.165, 1.54) is 0 Å². The topological polar surface area (TPSA) is 50.1 Å². The van der Waals surface area contributed by atoms with Crippen LogP contribution in [-0.2, 0) is 4.74 Å². The lowest BCUT2D eigenvalue weighted by atomic mass is 10.2. The van der Waals surface area contributed by atoms with Crippen LogP contribution in [0.2, 0.25) is 0 Å². The number of hydrogen-bond acceptors (Lipinski definition) is 4. The number of nitrogens with zero attached hydrogens (tertiary/aromatic N) is 1. The lowest BCUT2D eigenvalue weighted by molar-refractivity contribution is 0.0392. The third-order valence-electron chi connectivity index (χ3n) is 1.79. The highest BCUT2D eigenvalue weighted by atomic mass is 35.5. The van der Waals surface area contributed by atoms with Crippen molar-refractivity contribution < 1.29 is 9.53 Å². The molecule has 1 rings (SSSR count). The number of esters is 1. The number of thiocyanates is 1. The molecule has 0 unspecified atom stereocenters. The molecule has 0 amide bonds. The van der Waals surface area contributed by atoms with E-state index in [1.807, 2.05) is 11.5 Å². The molecule has 1 atom stereocenters. The van der Waals surface area contributed by atoms with Crippen LogP contribution in [0.3, 0.4) is 0 Å². The van der Waals surface area contributed by atoms with Gasteiger partial charge >= 0.3 is 5.97 Å². The summed E-state index contributed by atoms with van der Waals surface area (Å²) in [5.74, 6) is 0.163. The molecular weight excluding hydrogens is 246 g/mol. The van der Waals surface area contributed by atoms with Crippen molar-refractivity contribution in [2.24, 2.45) is 0 Å². The molecule has 5 heteroatoms. The normalized spacial score (nSPS) is 11.5. The van der Waals surface area contributed by atoms with E-state index in [0.29, 0.717) is 11.3 Å². The molecule has 0 aliphatic rings. The lowest BCUT2D eigenvalue weighted by Gasteiger charge is -2.13. The van der Waals surface area contributed by atoms with Crippen LogP contribution in [0.1, 0.15) is 10.4 Å². The largest absolute Gasteiger partial charge is 0.457 e. The Morgan fingerprint density at radius 3 is 2.75 bits per heavy atom. The number of rotatable bonds is 5. The molecule has 0 aliphatic carbocycles. The fourth-order valence-corrected chi connectivity index (χ4v) is 1.78. The van der Waals surface area contributed by atoms with E-state index in [-0.39, 0.29) is 5.88 Å². The van der Waals surface area contributed by atoms with E-state index >= 15 is 0 Å². The van der Waals surface area contributed by atoms with Crippen LogP contribution < -0.4 is 0 Å². The van der Waals surface area contributed by atoms with Gasteiger partial charge < -0.3 is 4.74 Å². The van der Waals surface area contributed by atoms with Crippen LogP contribution in [0.5, 0.6) is 0 Å². The highest BCUT2D eigenvalue weighted by Crippen LogP contribution is 2.09. The van der Waals surface area contributed by atoms with Gasteiger partial charge in [-0.05, 0) is 23.9 Å². The van der Waals surface area contributed by atoms with E-state index < -0.39 is 12.1 Å². The van der Waals surface area contributed by atoms with Crippen LogP contribution in [0.15, 0.2) is 30.3 Å². The Bertz CT molecular complexity index is 377. The van der Waals surface area contributed by atoms with Crippen molar-refractivity contribution in [1.82, 2.24) is 0 Å². The Morgan fingerprint density at radius 2 is 2.19 bits per heavy atom. The summed E-state index contributed by atoms with van der Waals surface area (Å²) in [6.45, 7) is 0. The maximum atomic E-state index is 11.6. The van der Waals surface area contributed by atoms with Gasteiger partial charge in [0, 0.05) is 5.75 Å². The average Bonchev–Trinajstić information content (AvgIpc) is 2.35. The number of hydrogen-bond donors (Lipinski definition) is 0. The number of nitriles is 1. The molecule has 0 radical (unpaired) electrons.